The van der Waals surface area contributed by atoms with Gasteiger partial charge in [0.1, 0.15) is 0 Å². The second-order valence-electron chi connectivity index (χ2n) is 15.1. The fourth-order valence-electron chi connectivity index (χ4n) is 7.01. The smallest absolute Gasteiger partial charge is 0.220 e. The molecule has 0 bridgehead atoms. The molecular formula is C43H87NO3. The van der Waals surface area contributed by atoms with Crippen LogP contribution in [0.2, 0.25) is 0 Å². The molecule has 3 N–H and O–H groups in total. The standard InChI is InChI=1S/C43H87NO3/c1-3-5-7-9-11-12-13-14-15-16-17-18-19-20-21-22-23-24-25-26-27-28-29-30-31-33-34-36-38-42(46)41(40-45)44-43(47)39-37-35-32-10-8-6-4-2/h41-42,45-46H,3-40H2,1-2H3,(H,44,47). The fraction of sp³-hybridized carbons (Fsp3) is 0.977. The van der Waals surface area contributed by atoms with Crippen LogP contribution >= 0.6 is 0 Å². The second kappa shape index (κ2) is 39.8. The zero-order chi connectivity index (χ0) is 34.3. The zero-order valence-electron chi connectivity index (χ0n) is 32.3. The van der Waals surface area contributed by atoms with Crippen LogP contribution in [-0.4, -0.2) is 34.9 Å². The predicted molar refractivity (Wildman–Crippen MR) is 207 cm³/mol. The summed E-state index contributed by atoms with van der Waals surface area (Å²) in [6, 6.07) is -0.527. The highest BCUT2D eigenvalue weighted by Gasteiger charge is 2.20. The van der Waals surface area contributed by atoms with Gasteiger partial charge >= 0.3 is 0 Å². The van der Waals surface area contributed by atoms with Gasteiger partial charge in [0.15, 0.2) is 0 Å². The summed E-state index contributed by atoms with van der Waals surface area (Å²) in [7, 11) is 0. The number of aliphatic hydroxyl groups excluding tert-OH is 2. The summed E-state index contributed by atoms with van der Waals surface area (Å²) in [5.74, 6) is -0.0351. The lowest BCUT2D eigenvalue weighted by Gasteiger charge is -2.22. The maximum absolute atomic E-state index is 12.2. The summed E-state index contributed by atoms with van der Waals surface area (Å²) >= 11 is 0. The van der Waals surface area contributed by atoms with Gasteiger partial charge in [0.05, 0.1) is 18.8 Å². The van der Waals surface area contributed by atoms with Gasteiger partial charge in [-0.25, -0.2) is 0 Å². The Morgan fingerprint density at radius 3 is 0.957 bits per heavy atom. The monoisotopic (exact) mass is 666 g/mol. The van der Waals surface area contributed by atoms with Gasteiger partial charge in [-0.05, 0) is 12.8 Å². The molecule has 0 aliphatic carbocycles. The van der Waals surface area contributed by atoms with Gasteiger partial charge < -0.3 is 15.5 Å². The lowest BCUT2D eigenvalue weighted by molar-refractivity contribution is -0.123. The Bertz CT molecular complexity index is 598. The van der Waals surface area contributed by atoms with Crippen molar-refractivity contribution < 1.29 is 15.0 Å². The summed E-state index contributed by atoms with van der Waals surface area (Å²) in [5, 5.41) is 23.0. The molecule has 4 heteroatoms. The van der Waals surface area contributed by atoms with E-state index in [0.29, 0.717) is 12.8 Å². The first-order valence-electron chi connectivity index (χ1n) is 21.7. The van der Waals surface area contributed by atoms with E-state index < -0.39 is 12.1 Å². The van der Waals surface area contributed by atoms with Crippen LogP contribution in [0.3, 0.4) is 0 Å². The molecule has 0 aromatic rings. The van der Waals surface area contributed by atoms with Crippen LogP contribution in [0.5, 0.6) is 0 Å². The molecule has 0 aromatic heterocycles. The van der Waals surface area contributed by atoms with Crippen molar-refractivity contribution in [3.8, 4) is 0 Å². The second-order valence-corrected chi connectivity index (χ2v) is 15.1. The number of rotatable bonds is 40. The van der Waals surface area contributed by atoms with E-state index in [1.165, 1.54) is 199 Å². The lowest BCUT2D eigenvalue weighted by Crippen LogP contribution is -2.45. The van der Waals surface area contributed by atoms with Crippen molar-refractivity contribution in [1.82, 2.24) is 5.32 Å². The molecule has 282 valence electrons. The summed E-state index contributed by atoms with van der Waals surface area (Å²) in [5.41, 5.74) is 0. The third-order valence-corrected chi connectivity index (χ3v) is 10.4. The average molecular weight is 666 g/mol. The van der Waals surface area contributed by atoms with E-state index >= 15 is 0 Å². The van der Waals surface area contributed by atoms with Crippen LogP contribution in [0.4, 0.5) is 0 Å². The molecule has 0 rings (SSSR count). The van der Waals surface area contributed by atoms with Crippen molar-refractivity contribution in [3.63, 3.8) is 0 Å². The van der Waals surface area contributed by atoms with E-state index in [-0.39, 0.29) is 12.5 Å². The molecule has 0 radical (unpaired) electrons. The third-order valence-electron chi connectivity index (χ3n) is 10.4. The van der Waals surface area contributed by atoms with E-state index in [1.54, 1.807) is 0 Å². The quantitative estimate of drug-likeness (QED) is 0.0570. The van der Waals surface area contributed by atoms with Gasteiger partial charge in [0.2, 0.25) is 5.91 Å². The molecule has 0 aliphatic heterocycles. The van der Waals surface area contributed by atoms with Crippen LogP contribution in [0.15, 0.2) is 0 Å². The van der Waals surface area contributed by atoms with Crippen LogP contribution < -0.4 is 5.32 Å². The number of carbonyl (C=O) groups is 1. The molecule has 0 saturated carbocycles. The first kappa shape index (κ1) is 46.4. The van der Waals surface area contributed by atoms with Gasteiger partial charge in [-0.2, -0.15) is 0 Å². The first-order valence-corrected chi connectivity index (χ1v) is 21.7. The van der Waals surface area contributed by atoms with Crippen molar-refractivity contribution in [2.45, 2.75) is 264 Å². The molecule has 0 heterocycles. The van der Waals surface area contributed by atoms with E-state index in [9.17, 15) is 15.0 Å². The van der Waals surface area contributed by atoms with E-state index in [2.05, 4.69) is 19.2 Å². The van der Waals surface area contributed by atoms with Crippen molar-refractivity contribution in [2.24, 2.45) is 0 Å². The summed E-state index contributed by atoms with van der Waals surface area (Å²) in [6.07, 6.45) is 47.8. The van der Waals surface area contributed by atoms with E-state index in [1.807, 2.05) is 0 Å². The van der Waals surface area contributed by atoms with Crippen molar-refractivity contribution in [2.75, 3.05) is 6.61 Å². The Kier molecular flexibility index (Phi) is 39.3. The third kappa shape index (κ3) is 36.5. The topological polar surface area (TPSA) is 69.6 Å². The van der Waals surface area contributed by atoms with Crippen LogP contribution in [0.1, 0.15) is 251 Å². The Morgan fingerprint density at radius 1 is 0.426 bits per heavy atom. The summed E-state index contributed by atoms with van der Waals surface area (Å²) in [4.78, 5) is 12.2. The average Bonchev–Trinajstić information content (AvgIpc) is 3.07. The van der Waals surface area contributed by atoms with Gasteiger partial charge in [0, 0.05) is 6.42 Å². The van der Waals surface area contributed by atoms with Crippen LogP contribution in [-0.2, 0) is 4.79 Å². The van der Waals surface area contributed by atoms with Crippen molar-refractivity contribution >= 4 is 5.91 Å². The molecule has 47 heavy (non-hydrogen) atoms. The minimum Gasteiger partial charge on any atom is -0.394 e. The maximum Gasteiger partial charge on any atom is 0.220 e. The molecule has 1 amide bonds. The number of carbonyl (C=O) groups excluding carboxylic acids is 1. The first-order chi connectivity index (χ1) is 23.2. The SMILES string of the molecule is CCCCCCCCCCCCCCCCCCCCCCCCCCCCCCC(O)C(CO)NC(=O)CCCCCCCCC. The van der Waals surface area contributed by atoms with Crippen LogP contribution in [0.25, 0.3) is 0 Å². The number of aliphatic hydroxyl groups is 2. The highest BCUT2D eigenvalue weighted by atomic mass is 16.3. The fourth-order valence-corrected chi connectivity index (χ4v) is 7.01. The van der Waals surface area contributed by atoms with Crippen LogP contribution in [0, 0.1) is 0 Å². The molecule has 0 spiro atoms. The van der Waals surface area contributed by atoms with Gasteiger partial charge in [-0.1, -0.05) is 232 Å². The predicted octanol–water partition coefficient (Wildman–Crippen LogP) is 13.3. The number of nitrogens with one attached hydrogen (secondary N) is 1. The Balaban J connectivity index is 3.34. The lowest BCUT2D eigenvalue weighted by atomic mass is 10.0. The Morgan fingerprint density at radius 2 is 0.681 bits per heavy atom. The van der Waals surface area contributed by atoms with E-state index in [4.69, 9.17) is 0 Å². The largest absolute Gasteiger partial charge is 0.394 e. The number of amides is 1. The molecule has 2 unspecified atom stereocenters. The van der Waals surface area contributed by atoms with E-state index in [0.717, 1.165) is 25.7 Å². The molecule has 0 aromatic carbocycles. The number of hydrogen-bond acceptors (Lipinski definition) is 3. The summed E-state index contributed by atoms with van der Waals surface area (Å²) in [6.45, 7) is 4.33. The Labute approximate surface area is 295 Å². The normalized spacial score (nSPS) is 12.9. The number of hydrogen-bond donors (Lipinski definition) is 3. The molecule has 0 aliphatic rings. The molecule has 0 fully saturated rings. The van der Waals surface area contributed by atoms with Crippen molar-refractivity contribution in [3.05, 3.63) is 0 Å². The molecule has 2 atom stereocenters. The zero-order valence-corrected chi connectivity index (χ0v) is 32.3. The number of unbranched alkanes of at least 4 members (excludes halogenated alkanes) is 33. The maximum atomic E-state index is 12.2. The Hall–Kier alpha value is -0.610. The minimum absolute atomic E-state index is 0.0351. The molecule has 4 nitrogen and oxygen atoms in total. The van der Waals surface area contributed by atoms with Gasteiger partial charge in [-0.3, -0.25) is 4.79 Å². The highest BCUT2D eigenvalue weighted by Crippen LogP contribution is 2.17. The molecular weight excluding hydrogens is 578 g/mol. The highest BCUT2D eigenvalue weighted by molar-refractivity contribution is 5.76. The van der Waals surface area contributed by atoms with Gasteiger partial charge in [-0.15, -0.1) is 0 Å². The molecule has 0 saturated heterocycles. The van der Waals surface area contributed by atoms with Crippen molar-refractivity contribution in [1.29, 1.82) is 0 Å². The minimum atomic E-state index is -0.651. The van der Waals surface area contributed by atoms with Gasteiger partial charge in [0.25, 0.3) is 0 Å². The summed E-state index contributed by atoms with van der Waals surface area (Å²) < 4.78 is 0.